The Balaban J connectivity index is 1.71. The number of nitrogens with one attached hydrogen (secondary N) is 3. The molecule has 5 nitrogen and oxygen atoms in total. The molecular formula is C12H11ClN4OS. The molecule has 1 amide bonds. The first-order valence-corrected chi connectivity index (χ1v) is 6.92. The van der Waals surface area contributed by atoms with E-state index in [2.05, 4.69) is 20.9 Å². The molecule has 0 unspecified atom stereocenters. The van der Waals surface area contributed by atoms with Gasteiger partial charge in [-0.05, 0) is 18.2 Å². The fourth-order valence-electron chi connectivity index (χ4n) is 1.84. The lowest BCUT2D eigenvalue weighted by molar-refractivity contribution is -0.114. The third kappa shape index (κ3) is 2.80. The van der Waals surface area contributed by atoms with Gasteiger partial charge in [-0.25, -0.2) is 4.98 Å². The van der Waals surface area contributed by atoms with Gasteiger partial charge in [0.2, 0.25) is 5.91 Å². The van der Waals surface area contributed by atoms with E-state index < -0.39 is 0 Å². The van der Waals surface area contributed by atoms with E-state index in [1.54, 1.807) is 6.20 Å². The molecule has 3 N–H and O–H groups in total. The van der Waals surface area contributed by atoms with Crippen LogP contribution in [-0.4, -0.2) is 17.4 Å². The van der Waals surface area contributed by atoms with Gasteiger partial charge in [0.1, 0.15) is 0 Å². The number of rotatable bonds is 3. The Morgan fingerprint density at radius 2 is 2.32 bits per heavy atom. The van der Waals surface area contributed by atoms with Crippen LogP contribution in [0.2, 0.25) is 4.47 Å². The maximum atomic E-state index is 11.3. The Bertz CT molecular complexity index is 628. The summed E-state index contributed by atoms with van der Waals surface area (Å²) in [6.07, 6.45) is 1.75. The lowest BCUT2D eigenvalue weighted by Crippen LogP contribution is -2.27. The highest BCUT2D eigenvalue weighted by atomic mass is 35.5. The fourth-order valence-corrected chi connectivity index (χ4v) is 2.75. The minimum atomic E-state index is -0.0288. The molecule has 1 aliphatic rings. The summed E-state index contributed by atoms with van der Waals surface area (Å²) in [5.74, 6) is -0.0288. The first-order valence-electron chi connectivity index (χ1n) is 5.72. The quantitative estimate of drug-likeness (QED) is 0.814. The van der Waals surface area contributed by atoms with Gasteiger partial charge >= 0.3 is 0 Å². The van der Waals surface area contributed by atoms with Crippen LogP contribution in [0.1, 0.15) is 4.88 Å². The Labute approximate surface area is 119 Å². The molecule has 0 spiro atoms. The summed E-state index contributed by atoms with van der Waals surface area (Å²) in [5, 5.41) is 9.15. The van der Waals surface area contributed by atoms with E-state index in [0.29, 0.717) is 17.6 Å². The largest absolute Gasteiger partial charge is 0.380 e. The number of aromatic nitrogens is 1. The van der Waals surface area contributed by atoms with Crippen LogP contribution in [0.3, 0.4) is 0 Å². The third-order valence-corrected chi connectivity index (χ3v) is 3.84. The number of benzene rings is 1. The standard InChI is InChI=1S/C12H11ClN4OS/c13-12-16-5-8(19-12)4-14-7-1-2-9-10(3-7)17-11(18)6-15-9/h1-3,5,14-15H,4,6H2,(H,17,18). The number of thiazole rings is 1. The summed E-state index contributed by atoms with van der Waals surface area (Å²) < 4.78 is 0.540. The first-order chi connectivity index (χ1) is 9.20. The van der Waals surface area contributed by atoms with Crippen molar-refractivity contribution in [2.24, 2.45) is 0 Å². The average Bonchev–Trinajstić information content (AvgIpc) is 2.81. The van der Waals surface area contributed by atoms with Gasteiger partial charge in [0.15, 0.2) is 4.47 Å². The number of nitrogens with zero attached hydrogens (tertiary/aromatic N) is 1. The monoisotopic (exact) mass is 294 g/mol. The van der Waals surface area contributed by atoms with Gasteiger partial charge in [0.25, 0.3) is 0 Å². The van der Waals surface area contributed by atoms with E-state index in [4.69, 9.17) is 11.6 Å². The van der Waals surface area contributed by atoms with Crippen molar-refractivity contribution in [3.8, 4) is 0 Å². The molecule has 19 heavy (non-hydrogen) atoms. The molecule has 7 heteroatoms. The molecule has 3 rings (SSSR count). The maximum absolute atomic E-state index is 11.3. The summed E-state index contributed by atoms with van der Waals surface area (Å²) in [5.41, 5.74) is 2.67. The van der Waals surface area contributed by atoms with Gasteiger partial charge in [0, 0.05) is 16.8 Å². The number of hydrogen-bond acceptors (Lipinski definition) is 5. The van der Waals surface area contributed by atoms with Gasteiger partial charge < -0.3 is 16.0 Å². The van der Waals surface area contributed by atoms with E-state index in [-0.39, 0.29) is 5.91 Å². The topological polar surface area (TPSA) is 66.0 Å². The zero-order chi connectivity index (χ0) is 13.2. The van der Waals surface area contributed by atoms with Crippen molar-refractivity contribution in [2.75, 3.05) is 22.5 Å². The van der Waals surface area contributed by atoms with Crippen LogP contribution in [0, 0.1) is 0 Å². The van der Waals surface area contributed by atoms with Crippen LogP contribution in [-0.2, 0) is 11.3 Å². The molecule has 0 saturated carbocycles. The van der Waals surface area contributed by atoms with E-state index in [1.165, 1.54) is 11.3 Å². The summed E-state index contributed by atoms with van der Waals surface area (Å²) in [6, 6.07) is 5.81. The van der Waals surface area contributed by atoms with E-state index in [0.717, 1.165) is 21.9 Å². The lowest BCUT2D eigenvalue weighted by atomic mass is 10.2. The highest BCUT2D eigenvalue weighted by Gasteiger charge is 2.13. The van der Waals surface area contributed by atoms with Crippen molar-refractivity contribution >= 4 is 45.9 Å². The van der Waals surface area contributed by atoms with Gasteiger partial charge in [-0.2, -0.15) is 0 Å². The predicted molar refractivity (Wildman–Crippen MR) is 78.0 cm³/mol. The van der Waals surface area contributed by atoms with Crippen LogP contribution in [0.15, 0.2) is 24.4 Å². The van der Waals surface area contributed by atoms with Crippen molar-refractivity contribution in [2.45, 2.75) is 6.54 Å². The normalized spacial score (nSPS) is 13.4. The second-order valence-electron chi connectivity index (χ2n) is 4.10. The van der Waals surface area contributed by atoms with Gasteiger partial charge in [-0.3, -0.25) is 4.79 Å². The van der Waals surface area contributed by atoms with E-state index in [9.17, 15) is 4.79 Å². The van der Waals surface area contributed by atoms with E-state index >= 15 is 0 Å². The van der Waals surface area contributed by atoms with Crippen molar-refractivity contribution in [3.05, 3.63) is 33.7 Å². The molecule has 98 valence electrons. The summed E-state index contributed by atoms with van der Waals surface area (Å²) in [6.45, 7) is 0.976. The minimum Gasteiger partial charge on any atom is -0.380 e. The molecule has 0 radical (unpaired) electrons. The Hall–Kier alpha value is -1.79. The smallest absolute Gasteiger partial charge is 0.243 e. The molecule has 0 atom stereocenters. The number of carbonyl (C=O) groups excluding carboxylic acids is 1. The van der Waals surface area contributed by atoms with Crippen molar-refractivity contribution in [1.82, 2.24) is 4.98 Å². The Morgan fingerprint density at radius 1 is 1.42 bits per heavy atom. The maximum Gasteiger partial charge on any atom is 0.243 e. The fraction of sp³-hybridized carbons (Fsp3) is 0.167. The second-order valence-corrected chi connectivity index (χ2v) is 5.79. The number of amides is 1. The van der Waals surface area contributed by atoms with Crippen molar-refractivity contribution in [1.29, 1.82) is 0 Å². The molecule has 1 aliphatic heterocycles. The number of fused-ring (bicyclic) bond motifs is 1. The van der Waals surface area contributed by atoms with Crippen LogP contribution in [0.5, 0.6) is 0 Å². The second kappa shape index (κ2) is 5.07. The van der Waals surface area contributed by atoms with E-state index in [1.807, 2.05) is 18.2 Å². The Morgan fingerprint density at radius 3 is 3.11 bits per heavy atom. The number of halogens is 1. The lowest BCUT2D eigenvalue weighted by Gasteiger charge is -2.19. The van der Waals surface area contributed by atoms with Gasteiger partial charge in [-0.15, -0.1) is 11.3 Å². The van der Waals surface area contributed by atoms with Crippen molar-refractivity contribution < 1.29 is 4.79 Å². The van der Waals surface area contributed by atoms with Crippen LogP contribution < -0.4 is 16.0 Å². The van der Waals surface area contributed by atoms with Crippen LogP contribution in [0.25, 0.3) is 0 Å². The summed E-state index contributed by atoms with van der Waals surface area (Å²) in [4.78, 5) is 16.4. The summed E-state index contributed by atoms with van der Waals surface area (Å²) in [7, 11) is 0. The zero-order valence-electron chi connectivity index (χ0n) is 9.87. The average molecular weight is 295 g/mol. The molecule has 0 saturated heterocycles. The van der Waals surface area contributed by atoms with Crippen molar-refractivity contribution in [3.63, 3.8) is 0 Å². The predicted octanol–water partition coefficient (Wildman–Crippen LogP) is 2.77. The number of carbonyl (C=O) groups is 1. The molecule has 0 bridgehead atoms. The van der Waals surface area contributed by atoms with Gasteiger partial charge in [-0.1, -0.05) is 11.6 Å². The van der Waals surface area contributed by atoms with Crippen LogP contribution in [0.4, 0.5) is 17.1 Å². The summed E-state index contributed by atoms with van der Waals surface area (Å²) >= 11 is 7.22. The SMILES string of the molecule is O=C1CNc2ccc(NCc3cnc(Cl)s3)cc2N1. The highest BCUT2D eigenvalue weighted by molar-refractivity contribution is 7.15. The number of anilines is 3. The highest BCUT2D eigenvalue weighted by Crippen LogP contribution is 2.28. The first kappa shape index (κ1) is 12.3. The Kier molecular flexibility index (Phi) is 3.27. The molecule has 1 aromatic heterocycles. The number of hydrogen-bond donors (Lipinski definition) is 3. The molecule has 0 fully saturated rings. The molecular weight excluding hydrogens is 284 g/mol. The molecule has 0 aliphatic carbocycles. The molecule has 1 aromatic carbocycles. The van der Waals surface area contributed by atoms with Gasteiger partial charge in [0.05, 0.1) is 24.5 Å². The minimum absolute atomic E-state index is 0.0288. The molecule has 2 aromatic rings. The zero-order valence-corrected chi connectivity index (χ0v) is 11.4. The third-order valence-electron chi connectivity index (χ3n) is 2.73. The van der Waals surface area contributed by atoms with Crippen LogP contribution >= 0.6 is 22.9 Å². The molecule has 2 heterocycles.